The topological polar surface area (TPSA) is 72.5 Å². The monoisotopic (exact) mass is 371 g/mol. The fourth-order valence-corrected chi connectivity index (χ4v) is 2.42. The van der Waals surface area contributed by atoms with E-state index in [0.717, 1.165) is 29.2 Å². The molecule has 2 rings (SSSR count). The second-order valence-corrected chi connectivity index (χ2v) is 6.50. The smallest absolute Gasteiger partial charge is 0.237 e. The molecule has 1 aromatic carbocycles. The minimum Gasteiger partial charge on any atom is -0.497 e. The number of methoxy groups -OCH3 is 1. The Morgan fingerprint density at radius 3 is 2.70 bits per heavy atom. The number of nitrogens with one attached hydrogen (secondary N) is 2. The van der Waals surface area contributed by atoms with E-state index in [1.807, 2.05) is 57.2 Å². The quantitative estimate of drug-likeness (QED) is 0.672. The standard InChI is InChI=1S/C21H29N3O3/c1-5-15(2)24-21(25)16(3)23-13-17-12-19(26-4)9-10-20(17)27-14-18-8-6-7-11-22-18/h6-12,15-16,23H,5,13-14H2,1-4H3,(H,24,25). The fraction of sp³-hybridized carbons (Fsp3) is 0.429. The number of aromatic nitrogens is 1. The van der Waals surface area contributed by atoms with E-state index in [9.17, 15) is 4.79 Å². The first-order valence-corrected chi connectivity index (χ1v) is 9.26. The molecule has 1 aromatic heterocycles. The summed E-state index contributed by atoms with van der Waals surface area (Å²) in [5, 5.41) is 6.24. The summed E-state index contributed by atoms with van der Waals surface area (Å²) < 4.78 is 11.3. The molecule has 0 saturated carbocycles. The summed E-state index contributed by atoms with van der Waals surface area (Å²) >= 11 is 0. The van der Waals surface area contributed by atoms with Gasteiger partial charge < -0.3 is 20.1 Å². The molecule has 146 valence electrons. The third-order valence-corrected chi connectivity index (χ3v) is 4.36. The average molecular weight is 371 g/mol. The summed E-state index contributed by atoms with van der Waals surface area (Å²) in [7, 11) is 1.63. The van der Waals surface area contributed by atoms with Gasteiger partial charge in [-0.05, 0) is 50.6 Å². The van der Waals surface area contributed by atoms with Gasteiger partial charge in [0.25, 0.3) is 0 Å². The molecule has 2 atom stereocenters. The molecule has 0 spiro atoms. The molecule has 0 aliphatic rings. The number of amides is 1. The highest BCUT2D eigenvalue weighted by Gasteiger charge is 2.15. The number of hydrogen-bond donors (Lipinski definition) is 2. The number of nitrogens with zero attached hydrogens (tertiary/aromatic N) is 1. The van der Waals surface area contributed by atoms with Crippen LogP contribution in [0.2, 0.25) is 0 Å². The van der Waals surface area contributed by atoms with E-state index in [2.05, 4.69) is 15.6 Å². The van der Waals surface area contributed by atoms with E-state index in [-0.39, 0.29) is 18.0 Å². The van der Waals surface area contributed by atoms with Crippen LogP contribution in [0.15, 0.2) is 42.6 Å². The normalized spacial score (nSPS) is 12.9. The Balaban J connectivity index is 2.01. The molecule has 27 heavy (non-hydrogen) atoms. The average Bonchev–Trinajstić information content (AvgIpc) is 2.71. The van der Waals surface area contributed by atoms with Crippen LogP contribution in [0.4, 0.5) is 0 Å². The minimum atomic E-state index is -0.311. The van der Waals surface area contributed by atoms with Crippen LogP contribution in [-0.2, 0) is 17.9 Å². The van der Waals surface area contributed by atoms with Crippen LogP contribution >= 0.6 is 0 Å². The zero-order valence-electron chi connectivity index (χ0n) is 16.5. The largest absolute Gasteiger partial charge is 0.497 e. The Labute approximate surface area is 161 Å². The lowest BCUT2D eigenvalue weighted by Gasteiger charge is -2.19. The van der Waals surface area contributed by atoms with Gasteiger partial charge >= 0.3 is 0 Å². The van der Waals surface area contributed by atoms with Crippen molar-refractivity contribution < 1.29 is 14.3 Å². The molecular weight excluding hydrogens is 342 g/mol. The van der Waals surface area contributed by atoms with Gasteiger partial charge in [-0.25, -0.2) is 0 Å². The van der Waals surface area contributed by atoms with E-state index < -0.39 is 0 Å². The predicted octanol–water partition coefficient (Wildman–Crippen LogP) is 3.06. The van der Waals surface area contributed by atoms with Crippen LogP contribution in [0.3, 0.4) is 0 Å². The van der Waals surface area contributed by atoms with Gasteiger partial charge in [0, 0.05) is 24.3 Å². The summed E-state index contributed by atoms with van der Waals surface area (Å²) in [4.78, 5) is 16.5. The maximum atomic E-state index is 12.2. The second-order valence-electron chi connectivity index (χ2n) is 6.50. The van der Waals surface area contributed by atoms with Gasteiger partial charge in [-0.1, -0.05) is 13.0 Å². The molecule has 0 aliphatic carbocycles. The van der Waals surface area contributed by atoms with Crippen LogP contribution in [0.1, 0.15) is 38.4 Å². The number of carbonyl (C=O) groups is 1. The van der Waals surface area contributed by atoms with Crippen molar-refractivity contribution >= 4 is 5.91 Å². The van der Waals surface area contributed by atoms with E-state index >= 15 is 0 Å². The van der Waals surface area contributed by atoms with E-state index in [4.69, 9.17) is 9.47 Å². The Hall–Kier alpha value is -2.60. The van der Waals surface area contributed by atoms with Gasteiger partial charge in [-0.2, -0.15) is 0 Å². The molecular formula is C21H29N3O3. The van der Waals surface area contributed by atoms with Crippen molar-refractivity contribution in [3.63, 3.8) is 0 Å². The van der Waals surface area contributed by atoms with Crippen molar-refractivity contribution in [3.8, 4) is 11.5 Å². The number of ether oxygens (including phenoxy) is 2. The lowest BCUT2D eigenvalue weighted by molar-refractivity contribution is -0.123. The number of benzene rings is 1. The molecule has 0 saturated heterocycles. The van der Waals surface area contributed by atoms with Crippen molar-refractivity contribution in [2.24, 2.45) is 0 Å². The summed E-state index contributed by atoms with van der Waals surface area (Å²) in [6.45, 7) is 6.76. The molecule has 0 bridgehead atoms. The SMILES string of the molecule is CCC(C)NC(=O)C(C)NCc1cc(OC)ccc1OCc1ccccn1. The lowest BCUT2D eigenvalue weighted by Crippen LogP contribution is -2.45. The number of pyridine rings is 1. The molecule has 1 amide bonds. The van der Waals surface area contributed by atoms with Crippen LogP contribution in [-0.4, -0.2) is 30.1 Å². The highest BCUT2D eigenvalue weighted by molar-refractivity contribution is 5.81. The Kier molecular flexibility index (Phi) is 8.07. The number of hydrogen-bond acceptors (Lipinski definition) is 5. The molecule has 0 aliphatic heterocycles. The number of rotatable bonds is 10. The van der Waals surface area contributed by atoms with E-state index in [1.54, 1.807) is 13.3 Å². The second kappa shape index (κ2) is 10.5. The van der Waals surface area contributed by atoms with Crippen LogP contribution in [0, 0.1) is 0 Å². The van der Waals surface area contributed by atoms with Gasteiger partial charge in [0.05, 0.1) is 18.8 Å². The summed E-state index contributed by atoms with van der Waals surface area (Å²) in [6.07, 6.45) is 2.65. The van der Waals surface area contributed by atoms with Crippen molar-refractivity contribution in [1.29, 1.82) is 0 Å². The van der Waals surface area contributed by atoms with E-state index in [1.165, 1.54) is 0 Å². The summed E-state index contributed by atoms with van der Waals surface area (Å²) in [5.41, 5.74) is 1.78. The highest BCUT2D eigenvalue weighted by atomic mass is 16.5. The van der Waals surface area contributed by atoms with Crippen LogP contribution in [0.25, 0.3) is 0 Å². The molecule has 0 radical (unpaired) electrons. The van der Waals surface area contributed by atoms with Gasteiger partial charge in [-0.15, -0.1) is 0 Å². The molecule has 6 heteroatoms. The van der Waals surface area contributed by atoms with Crippen LogP contribution < -0.4 is 20.1 Å². The Morgan fingerprint density at radius 1 is 1.22 bits per heavy atom. The van der Waals surface area contributed by atoms with Gasteiger partial charge in [0.15, 0.2) is 0 Å². The first kappa shape index (κ1) is 20.7. The van der Waals surface area contributed by atoms with Crippen LogP contribution in [0.5, 0.6) is 11.5 Å². The molecule has 1 heterocycles. The predicted molar refractivity (Wildman–Crippen MR) is 106 cm³/mol. The zero-order chi connectivity index (χ0) is 19.6. The van der Waals surface area contributed by atoms with Crippen molar-refractivity contribution in [2.75, 3.05) is 7.11 Å². The third kappa shape index (κ3) is 6.57. The maximum absolute atomic E-state index is 12.2. The summed E-state index contributed by atoms with van der Waals surface area (Å²) in [6, 6.07) is 11.2. The summed E-state index contributed by atoms with van der Waals surface area (Å²) in [5.74, 6) is 1.47. The maximum Gasteiger partial charge on any atom is 0.237 e. The van der Waals surface area contributed by atoms with Gasteiger partial charge in [0.2, 0.25) is 5.91 Å². The van der Waals surface area contributed by atoms with Gasteiger partial charge in [0.1, 0.15) is 18.1 Å². The zero-order valence-corrected chi connectivity index (χ0v) is 16.5. The highest BCUT2D eigenvalue weighted by Crippen LogP contribution is 2.25. The van der Waals surface area contributed by atoms with E-state index in [0.29, 0.717) is 13.2 Å². The van der Waals surface area contributed by atoms with Crippen molar-refractivity contribution in [1.82, 2.24) is 15.6 Å². The Morgan fingerprint density at radius 2 is 2.04 bits per heavy atom. The lowest BCUT2D eigenvalue weighted by atomic mass is 10.1. The molecule has 2 aromatic rings. The molecule has 2 unspecified atom stereocenters. The first-order chi connectivity index (χ1) is 13.0. The van der Waals surface area contributed by atoms with Crippen molar-refractivity contribution in [2.45, 2.75) is 52.4 Å². The first-order valence-electron chi connectivity index (χ1n) is 9.26. The molecule has 2 N–H and O–H groups in total. The minimum absolute atomic E-state index is 0.0109. The third-order valence-electron chi connectivity index (χ3n) is 4.36. The molecule has 0 fully saturated rings. The molecule has 6 nitrogen and oxygen atoms in total. The fourth-order valence-electron chi connectivity index (χ4n) is 2.42. The van der Waals surface area contributed by atoms with Gasteiger partial charge in [-0.3, -0.25) is 9.78 Å². The van der Waals surface area contributed by atoms with Crippen molar-refractivity contribution in [3.05, 3.63) is 53.9 Å². The number of carbonyl (C=O) groups excluding carboxylic acids is 1. The Bertz CT molecular complexity index is 722.